The van der Waals surface area contributed by atoms with Crippen LogP contribution < -0.4 is 10.6 Å². The summed E-state index contributed by atoms with van der Waals surface area (Å²) in [5.41, 5.74) is 0.128. The molecule has 2 rings (SSSR count). The molecule has 1 atom stereocenters. The van der Waals surface area contributed by atoms with E-state index in [1.165, 1.54) is 18.9 Å². The Hall–Kier alpha value is -1.98. The molecular formula is C13H18N2O4. The van der Waals surface area contributed by atoms with Crippen LogP contribution in [-0.2, 0) is 6.54 Å². The minimum Gasteiger partial charge on any atom is -0.478 e. The third-order valence-electron chi connectivity index (χ3n) is 3.31. The zero-order valence-electron chi connectivity index (χ0n) is 11.0. The third kappa shape index (κ3) is 3.49. The monoisotopic (exact) mass is 266 g/mol. The summed E-state index contributed by atoms with van der Waals surface area (Å²) in [6.45, 7) is 3.75. The van der Waals surface area contributed by atoms with Crippen molar-refractivity contribution in [3.05, 3.63) is 23.2 Å². The Kier molecular flexibility index (Phi) is 3.78. The highest BCUT2D eigenvalue weighted by Crippen LogP contribution is 2.32. The molecule has 1 saturated carbocycles. The van der Waals surface area contributed by atoms with Crippen LogP contribution in [-0.4, -0.2) is 23.1 Å². The predicted molar refractivity (Wildman–Crippen MR) is 68.0 cm³/mol. The molecule has 2 amide bonds. The molecule has 0 aromatic carbocycles. The number of hydrogen-bond donors (Lipinski definition) is 3. The summed E-state index contributed by atoms with van der Waals surface area (Å²) < 4.78 is 5.27. The van der Waals surface area contributed by atoms with Gasteiger partial charge in [-0.25, -0.2) is 9.59 Å². The minimum absolute atomic E-state index is 0.128. The van der Waals surface area contributed by atoms with Crippen LogP contribution in [0, 0.1) is 12.8 Å². The second kappa shape index (κ2) is 5.34. The van der Waals surface area contributed by atoms with E-state index in [0.29, 0.717) is 17.4 Å². The molecule has 1 unspecified atom stereocenters. The average Bonchev–Trinajstić information content (AvgIpc) is 3.10. The first-order valence-corrected chi connectivity index (χ1v) is 6.34. The maximum absolute atomic E-state index is 11.6. The Labute approximate surface area is 111 Å². The van der Waals surface area contributed by atoms with E-state index >= 15 is 0 Å². The third-order valence-corrected chi connectivity index (χ3v) is 3.31. The molecule has 0 aliphatic heterocycles. The molecule has 1 fully saturated rings. The lowest BCUT2D eigenvalue weighted by Crippen LogP contribution is -2.41. The fraction of sp³-hybridized carbons (Fsp3) is 0.538. The first-order chi connectivity index (χ1) is 8.97. The molecule has 104 valence electrons. The van der Waals surface area contributed by atoms with Crippen molar-refractivity contribution in [2.24, 2.45) is 5.92 Å². The number of carboxylic acids is 1. The highest BCUT2D eigenvalue weighted by Gasteiger charge is 2.28. The van der Waals surface area contributed by atoms with Gasteiger partial charge in [-0.2, -0.15) is 0 Å². The molecule has 6 nitrogen and oxygen atoms in total. The van der Waals surface area contributed by atoms with Gasteiger partial charge in [-0.05, 0) is 38.7 Å². The van der Waals surface area contributed by atoms with Crippen LogP contribution in [0.3, 0.4) is 0 Å². The van der Waals surface area contributed by atoms with Crippen molar-refractivity contribution in [3.8, 4) is 0 Å². The largest absolute Gasteiger partial charge is 0.478 e. The molecule has 0 radical (unpaired) electrons. The Morgan fingerprint density at radius 1 is 1.53 bits per heavy atom. The van der Waals surface area contributed by atoms with Gasteiger partial charge in [0.25, 0.3) is 0 Å². The number of rotatable bonds is 5. The van der Waals surface area contributed by atoms with Crippen molar-refractivity contribution in [1.29, 1.82) is 0 Å². The fourth-order valence-corrected chi connectivity index (χ4v) is 1.98. The fourth-order valence-electron chi connectivity index (χ4n) is 1.98. The van der Waals surface area contributed by atoms with Gasteiger partial charge in [-0.1, -0.05) is 0 Å². The number of urea groups is 1. The Bertz CT molecular complexity index is 491. The van der Waals surface area contributed by atoms with Crippen LogP contribution in [0.2, 0.25) is 0 Å². The highest BCUT2D eigenvalue weighted by atomic mass is 16.4. The average molecular weight is 266 g/mol. The van der Waals surface area contributed by atoms with E-state index in [4.69, 9.17) is 9.52 Å². The first kappa shape index (κ1) is 13.5. The minimum atomic E-state index is -1.03. The van der Waals surface area contributed by atoms with E-state index in [1.54, 1.807) is 6.92 Å². The van der Waals surface area contributed by atoms with E-state index < -0.39 is 5.97 Å². The number of hydrogen-bond acceptors (Lipinski definition) is 3. The van der Waals surface area contributed by atoms with Gasteiger partial charge in [-0.15, -0.1) is 0 Å². The molecule has 3 N–H and O–H groups in total. The molecule has 0 spiro atoms. The van der Waals surface area contributed by atoms with Gasteiger partial charge in [0.1, 0.15) is 17.1 Å². The number of furan rings is 1. The molecule has 1 aliphatic rings. The van der Waals surface area contributed by atoms with Crippen LogP contribution in [0.25, 0.3) is 0 Å². The van der Waals surface area contributed by atoms with Crippen LogP contribution in [0.4, 0.5) is 4.79 Å². The standard InChI is InChI=1S/C13H18N2O4/c1-7(9-3-4-9)15-13(18)14-6-10-5-11(12(16)17)8(2)19-10/h5,7,9H,3-4,6H2,1-2H3,(H,16,17)(H2,14,15,18). The number of carbonyl (C=O) groups is 2. The van der Waals surface area contributed by atoms with E-state index in [9.17, 15) is 9.59 Å². The molecule has 19 heavy (non-hydrogen) atoms. The van der Waals surface area contributed by atoms with Gasteiger partial charge >= 0.3 is 12.0 Å². The quantitative estimate of drug-likeness (QED) is 0.758. The number of amides is 2. The molecule has 0 bridgehead atoms. The zero-order chi connectivity index (χ0) is 14.0. The smallest absolute Gasteiger partial charge is 0.339 e. The molecule has 1 aliphatic carbocycles. The highest BCUT2D eigenvalue weighted by molar-refractivity contribution is 5.88. The maximum atomic E-state index is 11.6. The molecule has 1 aromatic rings. The number of carboxylic acid groups (broad SMARTS) is 1. The van der Waals surface area contributed by atoms with Gasteiger partial charge in [0.15, 0.2) is 0 Å². The van der Waals surface area contributed by atoms with Crippen LogP contribution >= 0.6 is 0 Å². The molecule has 0 saturated heterocycles. The lowest BCUT2D eigenvalue weighted by molar-refractivity contribution is 0.0695. The van der Waals surface area contributed by atoms with Crippen LogP contribution in [0.15, 0.2) is 10.5 Å². The van der Waals surface area contributed by atoms with E-state index in [0.717, 1.165) is 0 Å². The van der Waals surface area contributed by atoms with Gasteiger partial charge in [0, 0.05) is 6.04 Å². The van der Waals surface area contributed by atoms with E-state index in [2.05, 4.69) is 10.6 Å². The Morgan fingerprint density at radius 2 is 2.21 bits per heavy atom. The number of aromatic carboxylic acids is 1. The van der Waals surface area contributed by atoms with Gasteiger partial charge in [0.2, 0.25) is 0 Å². The maximum Gasteiger partial charge on any atom is 0.339 e. The lowest BCUT2D eigenvalue weighted by Gasteiger charge is -2.12. The Balaban J connectivity index is 1.82. The van der Waals surface area contributed by atoms with Gasteiger partial charge < -0.3 is 20.2 Å². The number of aryl methyl sites for hydroxylation is 1. The number of carbonyl (C=O) groups excluding carboxylic acids is 1. The summed E-state index contributed by atoms with van der Waals surface area (Å²) in [4.78, 5) is 22.4. The Morgan fingerprint density at radius 3 is 2.74 bits per heavy atom. The summed E-state index contributed by atoms with van der Waals surface area (Å²) in [7, 11) is 0. The van der Waals surface area contributed by atoms with Crippen molar-refractivity contribution in [2.75, 3.05) is 0 Å². The second-order valence-electron chi connectivity index (χ2n) is 4.94. The summed E-state index contributed by atoms with van der Waals surface area (Å²) >= 11 is 0. The zero-order valence-corrected chi connectivity index (χ0v) is 11.0. The van der Waals surface area contributed by atoms with Gasteiger partial charge in [-0.3, -0.25) is 0 Å². The second-order valence-corrected chi connectivity index (χ2v) is 4.94. The topological polar surface area (TPSA) is 91.6 Å². The summed E-state index contributed by atoms with van der Waals surface area (Å²) in [6, 6.07) is 1.35. The van der Waals surface area contributed by atoms with Crippen molar-refractivity contribution >= 4 is 12.0 Å². The molecule has 1 aromatic heterocycles. The van der Waals surface area contributed by atoms with Crippen molar-refractivity contribution in [2.45, 2.75) is 39.3 Å². The van der Waals surface area contributed by atoms with E-state index in [-0.39, 0.29) is 24.2 Å². The molecule has 1 heterocycles. The normalized spacial score (nSPS) is 15.9. The van der Waals surface area contributed by atoms with Gasteiger partial charge in [0.05, 0.1) is 6.54 Å². The first-order valence-electron chi connectivity index (χ1n) is 6.34. The van der Waals surface area contributed by atoms with Crippen molar-refractivity contribution in [1.82, 2.24) is 10.6 Å². The van der Waals surface area contributed by atoms with Crippen LogP contribution in [0.1, 0.15) is 41.6 Å². The summed E-state index contributed by atoms with van der Waals surface area (Å²) in [5.74, 6) is 0.342. The SMILES string of the molecule is Cc1oc(CNC(=O)NC(C)C2CC2)cc1C(=O)O. The number of nitrogens with one attached hydrogen (secondary N) is 2. The summed E-state index contributed by atoms with van der Waals surface area (Å²) in [5, 5.41) is 14.4. The van der Waals surface area contributed by atoms with Crippen LogP contribution in [0.5, 0.6) is 0 Å². The molecular weight excluding hydrogens is 248 g/mol. The lowest BCUT2D eigenvalue weighted by atomic mass is 10.2. The van der Waals surface area contributed by atoms with Crippen molar-refractivity contribution in [3.63, 3.8) is 0 Å². The summed E-state index contributed by atoms with van der Waals surface area (Å²) in [6.07, 6.45) is 2.33. The van der Waals surface area contributed by atoms with Crippen molar-refractivity contribution < 1.29 is 19.1 Å². The predicted octanol–water partition coefficient (Wildman–Crippen LogP) is 1.88. The molecule has 6 heteroatoms. The van der Waals surface area contributed by atoms with E-state index in [1.807, 2.05) is 6.92 Å².